The van der Waals surface area contributed by atoms with Gasteiger partial charge in [0.2, 0.25) is 0 Å². The van der Waals surface area contributed by atoms with Gasteiger partial charge >= 0.3 is 0 Å². The molecule has 3 heteroatoms. The SMILES string of the molecule is CC1CCN(CC(C)(O)CNC(C)C)C1. The van der Waals surface area contributed by atoms with Crippen LogP contribution in [0, 0.1) is 5.92 Å². The molecule has 0 radical (unpaired) electrons. The van der Waals surface area contributed by atoms with E-state index < -0.39 is 5.60 Å². The number of rotatable bonds is 5. The zero-order valence-corrected chi connectivity index (χ0v) is 10.6. The van der Waals surface area contributed by atoms with Crippen molar-refractivity contribution in [3.05, 3.63) is 0 Å². The van der Waals surface area contributed by atoms with Crippen LogP contribution in [0.4, 0.5) is 0 Å². The van der Waals surface area contributed by atoms with Crippen LogP contribution in [0.25, 0.3) is 0 Å². The zero-order chi connectivity index (χ0) is 11.5. The number of nitrogens with one attached hydrogen (secondary N) is 1. The maximum Gasteiger partial charge on any atom is 0.0869 e. The van der Waals surface area contributed by atoms with Crippen molar-refractivity contribution < 1.29 is 5.11 Å². The van der Waals surface area contributed by atoms with Crippen LogP contribution in [0.15, 0.2) is 0 Å². The molecule has 0 aromatic carbocycles. The van der Waals surface area contributed by atoms with Gasteiger partial charge in [0.05, 0.1) is 5.60 Å². The molecule has 2 N–H and O–H groups in total. The molecule has 1 fully saturated rings. The van der Waals surface area contributed by atoms with E-state index in [0.29, 0.717) is 12.6 Å². The van der Waals surface area contributed by atoms with Crippen molar-refractivity contribution in [2.24, 2.45) is 5.92 Å². The summed E-state index contributed by atoms with van der Waals surface area (Å²) in [7, 11) is 0. The Bertz CT molecular complexity index is 192. The minimum absolute atomic E-state index is 0.439. The second-order valence-corrected chi connectivity index (χ2v) is 5.66. The summed E-state index contributed by atoms with van der Waals surface area (Å²) in [4.78, 5) is 2.37. The Labute approximate surface area is 93.9 Å². The Balaban J connectivity index is 2.28. The van der Waals surface area contributed by atoms with Crippen molar-refractivity contribution in [1.29, 1.82) is 0 Å². The molecule has 1 aliphatic heterocycles. The third-order valence-corrected chi connectivity index (χ3v) is 2.96. The molecule has 2 atom stereocenters. The minimum Gasteiger partial charge on any atom is -0.388 e. The number of nitrogens with zero attached hydrogens (tertiary/aromatic N) is 1. The molecule has 1 saturated heterocycles. The predicted octanol–water partition coefficient (Wildman–Crippen LogP) is 1.08. The summed E-state index contributed by atoms with van der Waals surface area (Å²) in [5.74, 6) is 0.791. The first kappa shape index (κ1) is 12.9. The molecule has 0 aromatic rings. The molecule has 0 aromatic heterocycles. The summed E-state index contributed by atoms with van der Waals surface area (Å²) < 4.78 is 0. The number of aliphatic hydroxyl groups is 1. The second-order valence-electron chi connectivity index (χ2n) is 5.66. The lowest BCUT2D eigenvalue weighted by molar-refractivity contribution is 0.0245. The fourth-order valence-electron chi connectivity index (χ4n) is 2.13. The monoisotopic (exact) mass is 214 g/mol. The van der Waals surface area contributed by atoms with Crippen molar-refractivity contribution in [2.45, 2.75) is 45.8 Å². The first-order valence-electron chi connectivity index (χ1n) is 6.07. The van der Waals surface area contributed by atoms with Crippen LogP contribution in [0.2, 0.25) is 0 Å². The Hall–Kier alpha value is -0.120. The highest BCUT2D eigenvalue weighted by atomic mass is 16.3. The van der Waals surface area contributed by atoms with E-state index in [1.54, 1.807) is 0 Å². The van der Waals surface area contributed by atoms with Crippen LogP contribution < -0.4 is 5.32 Å². The van der Waals surface area contributed by atoms with Crippen LogP contribution in [-0.2, 0) is 0 Å². The molecule has 0 amide bonds. The van der Waals surface area contributed by atoms with Crippen molar-refractivity contribution in [1.82, 2.24) is 10.2 Å². The molecule has 1 rings (SSSR count). The fraction of sp³-hybridized carbons (Fsp3) is 1.00. The molecule has 1 aliphatic rings. The number of likely N-dealkylation sites (tertiary alicyclic amines) is 1. The van der Waals surface area contributed by atoms with Crippen LogP contribution in [0.5, 0.6) is 0 Å². The quantitative estimate of drug-likeness (QED) is 0.719. The van der Waals surface area contributed by atoms with Crippen molar-refractivity contribution in [3.63, 3.8) is 0 Å². The van der Waals surface area contributed by atoms with E-state index in [2.05, 4.69) is 31.0 Å². The molecular weight excluding hydrogens is 188 g/mol. The summed E-state index contributed by atoms with van der Waals surface area (Å²) in [5, 5.41) is 13.5. The van der Waals surface area contributed by atoms with Gasteiger partial charge < -0.3 is 15.3 Å². The van der Waals surface area contributed by atoms with Gasteiger partial charge in [-0.15, -0.1) is 0 Å². The molecular formula is C12H26N2O. The largest absolute Gasteiger partial charge is 0.388 e. The van der Waals surface area contributed by atoms with Crippen LogP contribution >= 0.6 is 0 Å². The van der Waals surface area contributed by atoms with Gasteiger partial charge in [0.15, 0.2) is 0 Å². The Morgan fingerprint density at radius 3 is 2.67 bits per heavy atom. The van der Waals surface area contributed by atoms with Gasteiger partial charge in [0.1, 0.15) is 0 Å². The van der Waals surface area contributed by atoms with E-state index in [9.17, 15) is 5.11 Å². The number of hydrogen-bond acceptors (Lipinski definition) is 3. The Kier molecular flexibility index (Phi) is 4.56. The maximum absolute atomic E-state index is 10.2. The zero-order valence-electron chi connectivity index (χ0n) is 10.6. The van der Waals surface area contributed by atoms with Crippen molar-refractivity contribution in [3.8, 4) is 0 Å². The highest BCUT2D eigenvalue weighted by molar-refractivity contribution is 4.84. The molecule has 1 heterocycles. The van der Waals surface area contributed by atoms with E-state index in [1.165, 1.54) is 6.42 Å². The summed E-state index contributed by atoms with van der Waals surface area (Å²) in [6.07, 6.45) is 1.27. The maximum atomic E-state index is 10.2. The number of hydrogen-bond donors (Lipinski definition) is 2. The van der Waals surface area contributed by atoms with Gasteiger partial charge in [-0.1, -0.05) is 20.8 Å². The van der Waals surface area contributed by atoms with Crippen molar-refractivity contribution >= 4 is 0 Å². The molecule has 15 heavy (non-hydrogen) atoms. The average molecular weight is 214 g/mol. The summed E-state index contributed by atoms with van der Waals surface area (Å²) in [5.41, 5.74) is -0.603. The minimum atomic E-state index is -0.603. The smallest absolute Gasteiger partial charge is 0.0869 e. The van der Waals surface area contributed by atoms with E-state index in [4.69, 9.17) is 0 Å². The van der Waals surface area contributed by atoms with Crippen LogP contribution in [0.3, 0.4) is 0 Å². The lowest BCUT2D eigenvalue weighted by Gasteiger charge is -2.30. The van der Waals surface area contributed by atoms with Crippen LogP contribution in [0.1, 0.15) is 34.1 Å². The summed E-state index contributed by atoms with van der Waals surface area (Å²) in [6, 6.07) is 0.439. The molecule has 0 aliphatic carbocycles. The third kappa shape index (κ3) is 4.96. The number of β-amino-alcohol motifs (C(OH)–C–C–N with tert-alkyl or cyclic N) is 1. The van der Waals surface area contributed by atoms with E-state index in [0.717, 1.165) is 25.6 Å². The summed E-state index contributed by atoms with van der Waals surface area (Å²) in [6.45, 7) is 12.2. The van der Waals surface area contributed by atoms with E-state index in [1.807, 2.05) is 6.92 Å². The highest BCUT2D eigenvalue weighted by Crippen LogP contribution is 2.17. The Morgan fingerprint density at radius 2 is 2.20 bits per heavy atom. The van der Waals surface area contributed by atoms with Gasteiger partial charge in [-0.05, 0) is 25.8 Å². The topological polar surface area (TPSA) is 35.5 Å². The van der Waals surface area contributed by atoms with Crippen molar-refractivity contribution in [2.75, 3.05) is 26.2 Å². The predicted molar refractivity (Wildman–Crippen MR) is 64.0 cm³/mol. The van der Waals surface area contributed by atoms with E-state index >= 15 is 0 Å². The van der Waals surface area contributed by atoms with Gasteiger partial charge in [-0.2, -0.15) is 0 Å². The van der Waals surface area contributed by atoms with Gasteiger partial charge in [-0.3, -0.25) is 0 Å². The molecule has 3 nitrogen and oxygen atoms in total. The normalized spacial score (nSPS) is 27.2. The molecule has 0 saturated carbocycles. The van der Waals surface area contributed by atoms with E-state index in [-0.39, 0.29) is 0 Å². The standard InChI is InChI=1S/C12H26N2O/c1-10(2)13-8-12(4,15)9-14-6-5-11(3)7-14/h10-11,13,15H,5-9H2,1-4H3. The molecule has 2 unspecified atom stereocenters. The van der Waals surface area contributed by atoms with Gasteiger partial charge in [-0.25, -0.2) is 0 Å². The lowest BCUT2D eigenvalue weighted by atomic mass is 10.1. The molecule has 0 spiro atoms. The fourth-order valence-corrected chi connectivity index (χ4v) is 2.13. The average Bonchev–Trinajstić information content (AvgIpc) is 2.47. The van der Waals surface area contributed by atoms with Gasteiger partial charge in [0, 0.05) is 25.7 Å². The molecule has 0 bridgehead atoms. The third-order valence-electron chi connectivity index (χ3n) is 2.96. The molecule has 90 valence electrons. The second kappa shape index (κ2) is 5.28. The van der Waals surface area contributed by atoms with Crippen LogP contribution in [-0.4, -0.2) is 47.8 Å². The first-order valence-corrected chi connectivity index (χ1v) is 6.07. The Morgan fingerprint density at radius 1 is 1.53 bits per heavy atom. The first-order chi connectivity index (χ1) is 6.89. The highest BCUT2D eigenvalue weighted by Gasteiger charge is 2.27. The van der Waals surface area contributed by atoms with Gasteiger partial charge in [0.25, 0.3) is 0 Å². The lowest BCUT2D eigenvalue weighted by Crippen LogP contribution is -2.48. The summed E-state index contributed by atoms with van der Waals surface area (Å²) >= 11 is 0.